The zero-order valence-corrected chi connectivity index (χ0v) is 14.8. The Morgan fingerprint density at radius 1 is 1.12 bits per heavy atom. The predicted molar refractivity (Wildman–Crippen MR) is 105 cm³/mol. The highest BCUT2D eigenvalue weighted by molar-refractivity contribution is 8.13. The summed E-state index contributed by atoms with van der Waals surface area (Å²) < 4.78 is 14.5. The smallest absolute Gasteiger partial charge is 0.224 e. The van der Waals surface area contributed by atoms with E-state index in [1.54, 1.807) is 12.3 Å². The van der Waals surface area contributed by atoms with Crippen molar-refractivity contribution in [2.75, 3.05) is 6.26 Å². The molecular formula is C18H20FN5S. The number of rotatable bonds is 3. The molecule has 5 nitrogen and oxygen atoms in total. The van der Waals surface area contributed by atoms with Gasteiger partial charge < -0.3 is 11.5 Å². The molecular weight excluding hydrogens is 337 g/mol. The van der Waals surface area contributed by atoms with Crippen molar-refractivity contribution in [2.45, 2.75) is 12.8 Å². The molecule has 0 aliphatic heterocycles. The van der Waals surface area contributed by atoms with Gasteiger partial charge in [-0.05, 0) is 23.4 Å². The summed E-state index contributed by atoms with van der Waals surface area (Å²) in [4.78, 5) is 7.78. The van der Waals surface area contributed by atoms with Crippen LogP contribution in [0, 0.1) is 11.2 Å². The second-order valence-electron chi connectivity index (χ2n) is 5.34. The van der Waals surface area contributed by atoms with Crippen LogP contribution < -0.4 is 11.5 Å². The summed E-state index contributed by atoms with van der Waals surface area (Å²) >= 11 is 1.14. The number of nitrogens with two attached hydrogens (primary N) is 2. The van der Waals surface area contributed by atoms with E-state index in [4.69, 9.17) is 16.9 Å². The van der Waals surface area contributed by atoms with E-state index in [0.29, 0.717) is 11.1 Å². The first kappa shape index (κ1) is 18.7. The van der Waals surface area contributed by atoms with Gasteiger partial charge in [-0.25, -0.2) is 9.38 Å². The summed E-state index contributed by atoms with van der Waals surface area (Å²) in [6.07, 6.45) is 1.71. The van der Waals surface area contributed by atoms with Gasteiger partial charge in [0.15, 0.2) is 5.17 Å². The summed E-state index contributed by atoms with van der Waals surface area (Å²) in [7, 11) is 0. The highest BCUT2D eigenvalue weighted by Crippen LogP contribution is 2.26. The fourth-order valence-electron chi connectivity index (χ4n) is 2.23. The highest BCUT2D eigenvalue weighted by Gasteiger charge is 2.14. The third-order valence-electron chi connectivity index (χ3n) is 3.67. The quantitative estimate of drug-likeness (QED) is 0.578. The van der Waals surface area contributed by atoms with Gasteiger partial charge >= 0.3 is 0 Å². The van der Waals surface area contributed by atoms with Gasteiger partial charge in [0, 0.05) is 11.5 Å². The number of nitrogens with one attached hydrogen (secondary N) is 1. The van der Waals surface area contributed by atoms with Crippen molar-refractivity contribution >= 4 is 28.7 Å². The maximum Gasteiger partial charge on any atom is 0.224 e. The van der Waals surface area contributed by atoms with Crippen LogP contribution in [0.1, 0.15) is 18.4 Å². The molecule has 1 atom stereocenters. The van der Waals surface area contributed by atoms with Crippen LogP contribution in [0.3, 0.4) is 0 Å². The second kappa shape index (κ2) is 8.43. The lowest BCUT2D eigenvalue weighted by atomic mass is 9.96. The van der Waals surface area contributed by atoms with Crippen molar-refractivity contribution in [2.24, 2.45) is 21.5 Å². The lowest BCUT2D eigenvalue weighted by molar-refractivity contribution is 0.628. The lowest BCUT2D eigenvalue weighted by Crippen LogP contribution is -2.24. The number of benzene rings is 2. The SMILES string of the molecule is CSC(=N)/N=C(N)\N=C(/N)C(C)c1ccc(-c2ccccc2)c(F)c1. The molecule has 0 amide bonds. The van der Waals surface area contributed by atoms with E-state index in [2.05, 4.69) is 9.98 Å². The van der Waals surface area contributed by atoms with Gasteiger partial charge in [0.25, 0.3) is 0 Å². The van der Waals surface area contributed by atoms with Gasteiger partial charge in [-0.2, -0.15) is 4.99 Å². The first-order valence-corrected chi connectivity index (χ1v) is 8.80. The monoisotopic (exact) mass is 357 g/mol. The number of aliphatic imine (C=N–C) groups is 2. The molecule has 130 valence electrons. The molecule has 0 aromatic heterocycles. The Hall–Kier alpha value is -2.67. The predicted octanol–water partition coefficient (Wildman–Crippen LogP) is 3.57. The van der Waals surface area contributed by atoms with Gasteiger partial charge in [0.1, 0.15) is 11.7 Å². The van der Waals surface area contributed by atoms with E-state index in [1.807, 2.05) is 43.3 Å². The number of thioether (sulfide) groups is 1. The van der Waals surface area contributed by atoms with E-state index in [0.717, 1.165) is 17.3 Å². The molecule has 2 rings (SSSR count). The number of hydrogen-bond acceptors (Lipinski definition) is 2. The van der Waals surface area contributed by atoms with E-state index >= 15 is 0 Å². The van der Waals surface area contributed by atoms with E-state index in [9.17, 15) is 4.39 Å². The molecule has 2 aromatic rings. The van der Waals surface area contributed by atoms with Crippen molar-refractivity contribution in [3.63, 3.8) is 0 Å². The summed E-state index contributed by atoms with van der Waals surface area (Å²) in [5.41, 5.74) is 13.6. The molecule has 0 radical (unpaired) electrons. The molecule has 0 saturated carbocycles. The maximum absolute atomic E-state index is 14.5. The van der Waals surface area contributed by atoms with E-state index < -0.39 is 0 Å². The molecule has 0 bridgehead atoms. The van der Waals surface area contributed by atoms with Gasteiger partial charge in [-0.15, -0.1) is 0 Å². The molecule has 7 heteroatoms. The van der Waals surface area contributed by atoms with Crippen LogP contribution in [-0.4, -0.2) is 23.2 Å². The fraction of sp³-hybridized carbons (Fsp3) is 0.167. The molecule has 1 unspecified atom stereocenters. The molecule has 25 heavy (non-hydrogen) atoms. The van der Waals surface area contributed by atoms with Crippen LogP contribution in [0.2, 0.25) is 0 Å². The van der Waals surface area contributed by atoms with Crippen LogP contribution >= 0.6 is 11.8 Å². The summed E-state index contributed by atoms with van der Waals surface area (Å²) in [6, 6.07) is 14.3. The van der Waals surface area contributed by atoms with Crippen molar-refractivity contribution in [3.05, 3.63) is 59.9 Å². The number of amidine groups is 2. The first-order valence-electron chi connectivity index (χ1n) is 7.58. The highest BCUT2D eigenvalue weighted by atomic mass is 32.2. The summed E-state index contributed by atoms with van der Waals surface area (Å²) in [6.45, 7) is 1.81. The molecule has 5 N–H and O–H groups in total. The lowest BCUT2D eigenvalue weighted by Gasteiger charge is -2.13. The normalized spacial score (nSPS) is 13.6. The van der Waals surface area contributed by atoms with Gasteiger partial charge in [0.2, 0.25) is 5.96 Å². The Kier molecular flexibility index (Phi) is 6.30. The number of hydrogen-bond donors (Lipinski definition) is 3. The third kappa shape index (κ3) is 4.90. The number of guanidine groups is 1. The zero-order chi connectivity index (χ0) is 18.4. The van der Waals surface area contributed by atoms with Crippen LogP contribution in [0.5, 0.6) is 0 Å². The van der Waals surface area contributed by atoms with Gasteiger partial charge in [-0.3, -0.25) is 5.41 Å². The standard InChI is InChI=1S/C18H20FN5S/c1-11(16(20)23-17(21)24-18(22)25-2)13-8-9-14(15(19)10-13)12-6-4-3-5-7-12/h3-11H,1-2H3,(H5,20,21,22,23,24). The Morgan fingerprint density at radius 2 is 1.80 bits per heavy atom. The Labute approximate surface area is 150 Å². The minimum atomic E-state index is -0.337. The maximum atomic E-state index is 14.5. The van der Waals surface area contributed by atoms with Gasteiger partial charge in [0.05, 0.1) is 0 Å². The largest absolute Gasteiger partial charge is 0.387 e. The van der Waals surface area contributed by atoms with E-state index in [1.165, 1.54) is 6.07 Å². The average Bonchev–Trinajstić information content (AvgIpc) is 2.61. The van der Waals surface area contributed by atoms with Crippen molar-refractivity contribution in [1.82, 2.24) is 0 Å². The summed E-state index contributed by atoms with van der Waals surface area (Å²) in [5, 5.41) is 7.49. The second-order valence-corrected chi connectivity index (χ2v) is 6.14. The topological polar surface area (TPSA) is 101 Å². The first-order chi connectivity index (χ1) is 11.9. The Bertz CT molecular complexity index is 817. The zero-order valence-electron chi connectivity index (χ0n) is 14.0. The molecule has 2 aromatic carbocycles. The molecule has 0 fully saturated rings. The van der Waals surface area contributed by atoms with E-state index in [-0.39, 0.29) is 28.7 Å². The number of nitrogens with zero attached hydrogens (tertiary/aromatic N) is 2. The minimum Gasteiger partial charge on any atom is -0.387 e. The van der Waals surface area contributed by atoms with Crippen molar-refractivity contribution in [3.8, 4) is 11.1 Å². The fourth-order valence-corrected chi connectivity index (χ4v) is 2.41. The summed E-state index contributed by atoms with van der Waals surface area (Å²) in [5.74, 6) is -0.544. The van der Waals surface area contributed by atoms with Crippen LogP contribution in [0.4, 0.5) is 4.39 Å². The molecule has 0 heterocycles. The van der Waals surface area contributed by atoms with Crippen LogP contribution in [0.25, 0.3) is 11.1 Å². The molecule has 0 saturated heterocycles. The number of halogens is 1. The molecule has 0 aliphatic rings. The molecule has 0 spiro atoms. The average molecular weight is 357 g/mol. The van der Waals surface area contributed by atoms with Crippen molar-refractivity contribution in [1.29, 1.82) is 5.41 Å². The van der Waals surface area contributed by atoms with Crippen LogP contribution in [-0.2, 0) is 0 Å². The van der Waals surface area contributed by atoms with Crippen molar-refractivity contribution < 1.29 is 4.39 Å². The van der Waals surface area contributed by atoms with Crippen LogP contribution in [0.15, 0.2) is 58.5 Å². The Balaban J connectivity index is 2.25. The Morgan fingerprint density at radius 3 is 2.40 bits per heavy atom. The molecule has 0 aliphatic carbocycles. The third-order valence-corrected chi connectivity index (χ3v) is 4.15. The van der Waals surface area contributed by atoms with Gasteiger partial charge in [-0.1, -0.05) is 61.2 Å². The minimum absolute atomic E-state index is 0.0416.